The molecular weight excluding hydrogens is 384 g/mol. The monoisotopic (exact) mass is 396 g/mol. The molecule has 0 spiro atoms. The lowest BCUT2D eigenvalue weighted by Gasteiger charge is -2.08. The van der Waals surface area contributed by atoms with Crippen molar-refractivity contribution >= 4 is 26.9 Å². The lowest BCUT2D eigenvalue weighted by atomic mass is 9.97. The molecule has 0 aliphatic heterocycles. The van der Waals surface area contributed by atoms with E-state index in [1.165, 1.54) is 18.2 Å². The second-order valence-electron chi connectivity index (χ2n) is 5.67. The molecule has 0 atom stereocenters. The van der Waals surface area contributed by atoms with E-state index in [4.69, 9.17) is 4.42 Å². The number of benzene rings is 3. The molecule has 0 aliphatic rings. The molecule has 4 nitrogen and oxygen atoms in total. The summed E-state index contributed by atoms with van der Waals surface area (Å²) in [4.78, 5) is 0. The Bertz CT molecular complexity index is 1100. The number of fused-ring (bicyclic) bond motifs is 1. The number of phenolic OH excluding ortho intramolecular Hbond substituents is 3. The van der Waals surface area contributed by atoms with E-state index in [9.17, 15) is 15.3 Å². The van der Waals surface area contributed by atoms with Crippen LogP contribution in [0.5, 0.6) is 17.2 Å². The fourth-order valence-corrected chi connectivity index (χ4v) is 3.38. The fraction of sp³-hybridized carbons (Fsp3) is 0. The van der Waals surface area contributed by atoms with Crippen molar-refractivity contribution in [2.45, 2.75) is 0 Å². The van der Waals surface area contributed by atoms with Gasteiger partial charge < -0.3 is 19.7 Å². The highest BCUT2D eigenvalue weighted by molar-refractivity contribution is 9.10. The molecule has 0 aliphatic carbocycles. The van der Waals surface area contributed by atoms with E-state index in [-0.39, 0.29) is 17.2 Å². The Morgan fingerprint density at radius 2 is 1.48 bits per heavy atom. The number of halogens is 1. The van der Waals surface area contributed by atoms with Gasteiger partial charge in [0.25, 0.3) is 0 Å². The van der Waals surface area contributed by atoms with E-state index >= 15 is 0 Å². The molecule has 4 aromatic rings. The Balaban J connectivity index is 2.11. The third-order valence-electron chi connectivity index (χ3n) is 4.04. The van der Waals surface area contributed by atoms with Gasteiger partial charge >= 0.3 is 0 Å². The molecule has 1 aromatic heterocycles. The second kappa shape index (κ2) is 5.86. The summed E-state index contributed by atoms with van der Waals surface area (Å²) in [5, 5.41) is 30.5. The van der Waals surface area contributed by atoms with Gasteiger partial charge in [-0.1, -0.05) is 34.1 Å². The Kier molecular flexibility index (Phi) is 3.66. The van der Waals surface area contributed by atoms with Gasteiger partial charge in [-0.2, -0.15) is 0 Å². The maximum atomic E-state index is 10.4. The zero-order valence-electron chi connectivity index (χ0n) is 12.9. The van der Waals surface area contributed by atoms with Gasteiger partial charge in [0.2, 0.25) is 0 Å². The summed E-state index contributed by atoms with van der Waals surface area (Å²) in [7, 11) is 0. The van der Waals surface area contributed by atoms with Gasteiger partial charge in [-0.05, 0) is 30.3 Å². The Labute approximate surface area is 151 Å². The summed E-state index contributed by atoms with van der Waals surface area (Å²) in [6.07, 6.45) is 0. The summed E-state index contributed by atoms with van der Waals surface area (Å²) in [6, 6.07) is 16.9. The number of phenols is 3. The standard InChI is InChI=1S/C20H13BrO4/c21-16-4-2-1-3-13(16)20-19(14-7-5-11(22)9-17(14)24)15-8-6-12(23)10-18(15)25-20/h1-10,22-24H. The molecule has 124 valence electrons. The molecule has 1 heterocycles. The lowest BCUT2D eigenvalue weighted by molar-refractivity contribution is 0.452. The largest absolute Gasteiger partial charge is 0.508 e. The maximum Gasteiger partial charge on any atom is 0.144 e. The van der Waals surface area contributed by atoms with Crippen LogP contribution in [0.25, 0.3) is 33.4 Å². The van der Waals surface area contributed by atoms with E-state index in [0.29, 0.717) is 22.5 Å². The highest BCUT2D eigenvalue weighted by Gasteiger charge is 2.21. The number of rotatable bonds is 2. The van der Waals surface area contributed by atoms with E-state index in [0.717, 1.165) is 15.4 Å². The molecule has 0 amide bonds. The Hall–Kier alpha value is -2.92. The van der Waals surface area contributed by atoms with Crippen molar-refractivity contribution in [2.24, 2.45) is 0 Å². The zero-order chi connectivity index (χ0) is 17.6. The zero-order valence-corrected chi connectivity index (χ0v) is 14.5. The Morgan fingerprint density at radius 3 is 2.24 bits per heavy atom. The van der Waals surface area contributed by atoms with Crippen LogP contribution in [0, 0.1) is 0 Å². The van der Waals surface area contributed by atoms with Crippen molar-refractivity contribution in [1.29, 1.82) is 0 Å². The molecule has 5 heteroatoms. The van der Waals surface area contributed by atoms with E-state index in [1.807, 2.05) is 24.3 Å². The minimum absolute atomic E-state index is 0.0193. The number of furan rings is 1. The van der Waals surface area contributed by atoms with Gasteiger partial charge in [-0.25, -0.2) is 0 Å². The summed E-state index contributed by atoms with van der Waals surface area (Å²) >= 11 is 3.53. The fourth-order valence-electron chi connectivity index (χ4n) is 2.92. The van der Waals surface area contributed by atoms with Crippen molar-refractivity contribution in [3.8, 4) is 39.7 Å². The van der Waals surface area contributed by atoms with Crippen molar-refractivity contribution in [1.82, 2.24) is 0 Å². The van der Waals surface area contributed by atoms with Crippen LogP contribution in [0.15, 0.2) is 69.6 Å². The van der Waals surface area contributed by atoms with E-state index < -0.39 is 0 Å². The van der Waals surface area contributed by atoms with Crippen molar-refractivity contribution in [3.05, 3.63) is 65.1 Å². The summed E-state index contributed by atoms with van der Waals surface area (Å²) in [5.74, 6) is 0.591. The van der Waals surface area contributed by atoms with Crippen LogP contribution in [-0.2, 0) is 0 Å². The highest BCUT2D eigenvalue weighted by Crippen LogP contribution is 2.46. The van der Waals surface area contributed by atoms with Crippen LogP contribution in [0.4, 0.5) is 0 Å². The first-order valence-electron chi connectivity index (χ1n) is 7.57. The van der Waals surface area contributed by atoms with Crippen LogP contribution in [0.2, 0.25) is 0 Å². The van der Waals surface area contributed by atoms with Gasteiger partial charge in [0.15, 0.2) is 0 Å². The second-order valence-corrected chi connectivity index (χ2v) is 6.52. The molecule has 0 saturated carbocycles. The van der Waals surface area contributed by atoms with Gasteiger partial charge in [0.05, 0.1) is 0 Å². The average molecular weight is 397 g/mol. The minimum atomic E-state index is -0.0518. The molecule has 0 saturated heterocycles. The first-order valence-corrected chi connectivity index (χ1v) is 8.36. The van der Waals surface area contributed by atoms with Crippen molar-refractivity contribution < 1.29 is 19.7 Å². The predicted octanol–water partition coefficient (Wildman–Crippen LogP) is 5.65. The number of aromatic hydroxyl groups is 3. The topological polar surface area (TPSA) is 73.8 Å². The first-order chi connectivity index (χ1) is 12.0. The average Bonchev–Trinajstić information content (AvgIpc) is 2.93. The SMILES string of the molecule is Oc1ccc(-c2c(-c3ccccc3Br)oc3cc(O)ccc23)c(O)c1. The normalized spacial score (nSPS) is 11.1. The molecule has 0 bridgehead atoms. The van der Waals surface area contributed by atoms with Crippen LogP contribution < -0.4 is 0 Å². The molecule has 0 fully saturated rings. The van der Waals surface area contributed by atoms with Crippen molar-refractivity contribution in [3.63, 3.8) is 0 Å². The summed E-state index contributed by atoms with van der Waals surface area (Å²) in [5.41, 5.74) is 2.56. The molecular formula is C20H13BrO4. The van der Waals surface area contributed by atoms with Crippen LogP contribution in [-0.4, -0.2) is 15.3 Å². The first kappa shape index (κ1) is 15.6. The van der Waals surface area contributed by atoms with Crippen LogP contribution in [0.1, 0.15) is 0 Å². The van der Waals surface area contributed by atoms with E-state index in [1.54, 1.807) is 18.2 Å². The predicted molar refractivity (Wildman–Crippen MR) is 99.8 cm³/mol. The number of hydrogen-bond acceptors (Lipinski definition) is 4. The molecule has 0 unspecified atom stereocenters. The van der Waals surface area contributed by atoms with Gasteiger partial charge in [-0.15, -0.1) is 0 Å². The van der Waals surface area contributed by atoms with Crippen molar-refractivity contribution in [2.75, 3.05) is 0 Å². The minimum Gasteiger partial charge on any atom is -0.508 e. The van der Waals surface area contributed by atoms with Crippen LogP contribution in [0.3, 0.4) is 0 Å². The number of hydrogen-bond donors (Lipinski definition) is 3. The molecule has 3 N–H and O–H groups in total. The van der Waals surface area contributed by atoms with E-state index in [2.05, 4.69) is 15.9 Å². The molecule has 25 heavy (non-hydrogen) atoms. The summed E-state index contributed by atoms with van der Waals surface area (Å²) in [6.45, 7) is 0. The Morgan fingerprint density at radius 1 is 0.760 bits per heavy atom. The smallest absolute Gasteiger partial charge is 0.144 e. The molecule has 4 rings (SSSR count). The molecule has 3 aromatic carbocycles. The highest BCUT2D eigenvalue weighted by atomic mass is 79.9. The lowest BCUT2D eigenvalue weighted by Crippen LogP contribution is -1.83. The van der Waals surface area contributed by atoms with Gasteiger partial charge in [0.1, 0.15) is 28.6 Å². The third-order valence-corrected chi connectivity index (χ3v) is 4.73. The maximum absolute atomic E-state index is 10.4. The van der Waals surface area contributed by atoms with Crippen LogP contribution >= 0.6 is 15.9 Å². The summed E-state index contributed by atoms with van der Waals surface area (Å²) < 4.78 is 6.87. The van der Waals surface area contributed by atoms with Gasteiger partial charge in [-0.3, -0.25) is 0 Å². The third kappa shape index (κ3) is 2.62. The van der Waals surface area contributed by atoms with Gasteiger partial charge in [0, 0.05) is 38.7 Å². The quantitative estimate of drug-likeness (QED) is 0.409. The molecule has 0 radical (unpaired) electrons.